The Balaban J connectivity index is 2.98. The molecule has 1 unspecified atom stereocenters. The second-order valence-electron chi connectivity index (χ2n) is 4.93. The van der Waals surface area contributed by atoms with Gasteiger partial charge in [0.25, 0.3) is 0 Å². The molecule has 21 heavy (non-hydrogen) atoms. The second kappa shape index (κ2) is 7.93. The van der Waals surface area contributed by atoms with E-state index in [1.54, 1.807) is 0 Å². The van der Waals surface area contributed by atoms with Crippen LogP contribution in [0.3, 0.4) is 0 Å². The van der Waals surface area contributed by atoms with E-state index in [4.69, 9.17) is 4.74 Å². The van der Waals surface area contributed by atoms with Crippen molar-refractivity contribution in [2.24, 2.45) is 5.92 Å². The molecule has 0 aromatic heterocycles. The number of carbonyl (C=O) groups excluding carboxylic acids is 1. The van der Waals surface area contributed by atoms with Crippen LogP contribution in [0.25, 0.3) is 0 Å². The maximum absolute atomic E-state index is 14.0. The molecule has 0 aliphatic rings. The minimum absolute atomic E-state index is 0.00134. The van der Waals surface area contributed by atoms with Crippen molar-refractivity contribution in [1.82, 2.24) is 0 Å². The van der Waals surface area contributed by atoms with Gasteiger partial charge < -0.3 is 14.8 Å². The predicted molar refractivity (Wildman–Crippen MR) is 76.4 cm³/mol. The number of benzene rings is 1. The van der Waals surface area contributed by atoms with Gasteiger partial charge in [-0.3, -0.25) is 0 Å². The van der Waals surface area contributed by atoms with Crippen molar-refractivity contribution in [1.29, 1.82) is 0 Å². The Bertz CT molecular complexity index is 492. The first-order valence-corrected chi connectivity index (χ1v) is 6.82. The highest BCUT2D eigenvalue weighted by Gasteiger charge is 2.21. The molecule has 0 bridgehead atoms. The number of esters is 1. The Morgan fingerprint density at radius 3 is 2.48 bits per heavy atom. The molecule has 0 aliphatic carbocycles. The van der Waals surface area contributed by atoms with Crippen molar-refractivity contribution >= 4 is 11.7 Å². The molecule has 6 heteroatoms. The summed E-state index contributed by atoms with van der Waals surface area (Å²) in [4.78, 5) is 11.3. The van der Waals surface area contributed by atoms with Crippen LogP contribution in [0.1, 0.15) is 31.1 Å². The largest absolute Gasteiger partial charge is 0.465 e. The summed E-state index contributed by atoms with van der Waals surface area (Å²) in [6, 6.07) is 2.36. The second-order valence-corrected chi connectivity index (χ2v) is 4.93. The van der Waals surface area contributed by atoms with Gasteiger partial charge in [-0.25, -0.2) is 13.6 Å². The van der Waals surface area contributed by atoms with Gasteiger partial charge in [0.15, 0.2) is 11.6 Å². The van der Waals surface area contributed by atoms with Gasteiger partial charge in [-0.2, -0.15) is 0 Å². The molecule has 0 aliphatic heterocycles. The van der Waals surface area contributed by atoms with Crippen molar-refractivity contribution in [2.75, 3.05) is 25.6 Å². The molecule has 0 heterocycles. The maximum Gasteiger partial charge on any atom is 0.340 e. The number of halogens is 2. The van der Waals surface area contributed by atoms with Crippen LogP contribution in [-0.4, -0.2) is 32.3 Å². The number of carbonyl (C=O) groups is 1. The standard InChI is InChI=1S/C15H21F2NO3/c1-5-21-8-12(9(2)3)18-11-7-6-10(15(19)20-4)13(16)14(11)17/h6-7,9,12,18H,5,8H2,1-4H3. The molecule has 0 saturated heterocycles. The van der Waals surface area contributed by atoms with Crippen molar-refractivity contribution < 1.29 is 23.0 Å². The van der Waals surface area contributed by atoms with Gasteiger partial charge in [-0.1, -0.05) is 13.8 Å². The lowest BCUT2D eigenvalue weighted by atomic mass is 10.0. The van der Waals surface area contributed by atoms with Crippen LogP contribution in [-0.2, 0) is 9.47 Å². The van der Waals surface area contributed by atoms with E-state index in [1.807, 2.05) is 20.8 Å². The van der Waals surface area contributed by atoms with E-state index in [2.05, 4.69) is 10.1 Å². The lowest BCUT2D eigenvalue weighted by Gasteiger charge is -2.23. The Hall–Kier alpha value is -1.69. The first-order chi connectivity index (χ1) is 9.92. The molecule has 1 aromatic rings. The Labute approximate surface area is 123 Å². The Kier molecular flexibility index (Phi) is 6.55. The van der Waals surface area contributed by atoms with Crippen LogP contribution in [0, 0.1) is 17.6 Å². The fraction of sp³-hybridized carbons (Fsp3) is 0.533. The van der Waals surface area contributed by atoms with Gasteiger partial charge in [0.05, 0.1) is 31.0 Å². The number of hydrogen-bond acceptors (Lipinski definition) is 4. The molecule has 1 aromatic carbocycles. The van der Waals surface area contributed by atoms with Crippen molar-refractivity contribution in [3.05, 3.63) is 29.3 Å². The van der Waals surface area contributed by atoms with Crippen LogP contribution >= 0.6 is 0 Å². The summed E-state index contributed by atoms with van der Waals surface area (Å²) in [5.74, 6) is -3.06. The van der Waals surface area contributed by atoms with E-state index in [9.17, 15) is 13.6 Å². The van der Waals surface area contributed by atoms with E-state index in [1.165, 1.54) is 12.1 Å². The van der Waals surface area contributed by atoms with Gasteiger partial charge in [-0.15, -0.1) is 0 Å². The molecule has 1 N–H and O–H groups in total. The number of ether oxygens (including phenoxy) is 2. The van der Waals surface area contributed by atoms with Crippen LogP contribution in [0.15, 0.2) is 12.1 Å². The average molecular weight is 301 g/mol. The molecular formula is C15H21F2NO3. The molecule has 1 atom stereocenters. The number of rotatable bonds is 7. The van der Waals surface area contributed by atoms with Crippen molar-refractivity contribution in [3.63, 3.8) is 0 Å². The summed E-state index contributed by atoms with van der Waals surface area (Å²) >= 11 is 0. The van der Waals surface area contributed by atoms with Gasteiger partial charge in [0.2, 0.25) is 0 Å². The minimum Gasteiger partial charge on any atom is -0.465 e. The van der Waals surface area contributed by atoms with E-state index >= 15 is 0 Å². The Morgan fingerprint density at radius 1 is 1.29 bits per heavy atom. The zero-order valence-electron chi connectivity index (χ0n) is 12.7. The first kappa shape index (κ1) is 17.4. The van der Waals surface area contributed by atoms with E-state index in [0.29, 0.717) is 13.2 Å². The summed E-state index contributed by atoms with van der Waals surface area (Å²) in [7, 11) is 1.11. The van der Waals surface area contributed by atoms with Crippen LogP contribution < -0.4 is 5.32 Å². The number of methoxy groups -OCH3 is 1. The maximum atomic E-state index is 14.0. The predicted octanol–water partition coefficient (Wildman–Crippen LogP) is 3.22. The Morgan fingerprint density at radius 2 is 1.95 bits per heavy atom. The first-order valence-electron chi connectivity index (χ1n) is 6.82. The van der Waals surface area contributed by atoms with Crippen LogP contribution in [0.4, 0.5) is 14.5 Å². The molecule has 0 radical (unpaired) electrons. The number of hydrogen-bond donors (Lipinski definition) is 1. The molecule has 0 amide bonds. The van der Waals surface area contributed by atoms with Crippen LogP contribution in [0.2, 0.25) is 0 Å². The highest BCUT2D eigenvalue weighted by atomic mass is 19.2. The molecule has 0 saturated carbocycles. The molecule has 1 rings (SSSR count). The zero-order valence-corrected chi connectivity index (χ0v) is 12.7. The summed E-state index contributed by atoms with van der Waals surface area (Å²) in [6.45, 7) is 6.70. The lowest BCUT2D eigenvalue weighted by Crippen LogP contribution is -2.31. The topological polar surface area (TPSA) is 47.6 Å². The quantitative estimate of drug-likeness (QED) is 0.786. The van der Waals surface area contributed by atoms with E-state index in [-0.39, 0.29) is 17.6 Å². The van der Waals surface area contributed by atoms with E-state index in [0.717, 1.165) is 7.11 Å². The smallest absolute Gasteiger partial charge is 0.340 e. The SMILES string of the molecule is CCOCC(Nc1ccc(C(=O)OC)c(F)c1F)C(C)C. The monoisotopic (exact) mass is 301 g/mol. The molecule has 118 valence electrons. The summed E-state index contributed by atoms with van der Waals surface area (Å²) in [6.07, 6.45) is 0. The molecular weight excluding hydrogens is 280 g/mol. The van der Waals surface area contributed by atoms with Crippen molar-refractivity contribution in [2.45, 2.75) is 26.8 Å². The highest BCUT2D eigenvalue weighted by Crippen LogP contribution is 2.23. The number of nitrogens with one attached hydrogen (secondary N) is 1. The third kappa shape index (κ3) is 4.39. The minimum atomic E-state index is -1.22. The van der Waals surface area contributed by atoms with Crippen LogP contribution in [0.5, 0.6) is 0 Å². The summed E-state index contributed by atoms with van der Waals surface area (Å²) < 4.78 is 37.6. The number of anilines is 1. The van der Waals surface area contributed by atoms with Gasteiger partial charge in [0.1, 0.15) is 0 Å². The van der Waals surface area contributed by atoms with Gasteiger partial charge >= 0.3 is 5.97 Å². The van der Waals surface area contributed by atoms with Crippen molar-refractivity contribution in [3.8, 4) is 0 Å². The normalized spacial score (nSPS) is 12.3. The van der Waals surface area contributed by atoms with E-state index < -0.39 is 23.2 Å². The average Bonchev–Trinajstić information content (AvgIpc) is 2.46. The lowest BCUT2D eigenvalue weighted by molar-refractivity contribution is 0.0594. The highest BCUT2D eigenvalue weighted by molar-refractivity contribution is 5.90. The third-order valence-electron chi connectivity index (χ3n) is 3.13. The zero-order chi connectivity index (χ0) is 16.0. The fourth-order valence-electron chi connectivity index (χ4n) is 1.77. The summed E-state index contributed by atoms with van der Waals surface area (Å²) in [5, 5.41) is 2.91. The fourth-order valence-corrected chi connectivity index (χ4v) is 1.77. The molecule has 0 fully saturated rings. The molecule has 0 spiro atoms. The summed E-state index contributed by atoms with van der Waals surface area (Å²) in [5.41, 5.74) is -0.426. The van der Waals surface area contributed by atoms with Gasteiger partial charge in [-0.05, 0) is 25.0 Å². The van der Waals surface area contributed by atoms with Gasteiger partial charge in [0, 0.05) is 6.61 Å². The third-order valence-corrected chi connectivity index (χ3v) is 3.13. The molecule has 4 nitrogen and oxygen atoms in total.